The molecule has 0 spiro atoms. The molecular formula is C78H90Cl2N12O25. The van der Waals surface area contributed by atoms with Crippen molar-refractivity contribution in [2.45, 2.75) is 156 Å². The van der Waals surface area contributed by atoms with Gasteiger partial charge in [-0.1, -0.05) is 55.2 Å². The van der Waals surface area contributed by atoms with Crippen molar-refractivity contribution in [3.63, 3.8) is 0 Å². The monoisotopic (exact) mass is 1660 g/mol. The molecular weight excluding hydrogens is 1580 g/mol. The van der Waals surface area contributed by atoms with Crippen molar-refractivity contribution in [1.29, 1.82) is 0 Å². The van der Waals surface area contributed by atoms with E-state index >= 15 is 19.2 Å². The molecule has 3 unspecified atom stereocenters. The van der Waals surface area contributed by atoms with Crippen molar-refractivity contribution in [2.75, 3.05) is 56.7 Å². The van der Waals surface area contributed by atoms with Gasteiger partial charge in [-0.3, -0.25) is 43.2 Å². The van der Waals surface area contributed by atoms with Crippen LogP contribution in [0.3, 0.4) is 0 Å². The molecule has 14 rings (SSSR count). The average molecular weight is 1670 g/mol. The van der Waals surface area contributed by atoms with Crippen LogP contribution >= 0.6 is 23.2 Å². The van der Waals surface area contributed by atoms with E-state index in [1.54, 1.807) is 24.3 Å². The number of likely N-dealkylation sites (N-methyl/N-ethyl adjacent to an activating group) is 1. The van der Waals surface area contributed by atoms with Crippen LogP contribution in [0.5, 0.6) is 46.0 Å². The Balaban J connectivity index is 1.03. The van der Waals surface area contributed by atoms with Gasteiger partial charge in [0.05, 0.1) is 61.1 Å². The zero-order valence-corrected chi connectivity index (χ0v) is 65.0. The Morgan fingerprint density at radius 3 is 1.94 bits per heavy atom. The van der Waals surface area contributed by atoms with Gasteiger partial charge >= 0.3 is 0 Å². The molecule has 11 bridgehead atoms. The van der Waals surface area contributed by atoms with Crippen LogP contribution in [0.4, 0.5) is 11.4 Å². The molecule has 8 aliphatic heterocycles. The predicted octanol–water partition coefficient (Wildman–Crippen LogP) is 0.613. The van der Waals surface area contributed by atoms with Crippen molar-refractivity contribution >= 4 is 87.7 Å². The second-order valence-electron chi connectivity index (χ2n) is 29.8. The summed E-state index contributed by atoms with van der Waals surface area (Å²) in [5.41, 5.74) is 9.36. The second kappa shape index (κ2) is 36.0. The van der Waals surface area contributed by atoms with E-state index < -0.39 is 250 Å². The molecule has 3 fully saturated rings. The number of carbonyl (C=O) groups is 9. The number of anilines is 2. The maximum atomic E-state index is 16.3. The molecule has 3 saturated heterocycles. The Kier molecular flexibility index (Phi) is 26.3. The lowest BCUT2D eigenvalue weighted by molar-refractivity contribution is -0.333. The molecule has 8 aliphatic rings. The zero-order chi connectivity index (χ0) is 84.3. The highest BCUT2D eigenvalue weighted by Crippen LogP contribution is 2.50. The molecule has 37 nitrogen and oxygen atoms in total. The SMILES string of the molecule is CN[C@H](CC(C)C)C(=O)N[C@H]1C(=O)N[C@@H](CC(N)=O)C(=O)NC2C(=O)N[C@H]3C(=O)N[C@H](C(=O)NC(C(=O)NCC(=O)Nc4ccc(N5CCOCC5)cc4)c4cc(O)cc(O)c4-c4cc3ccc4O)[C@H](O)c3ccc(c(Cl)c3)Oc3cc2cc(c3O[C@@H]2O[C@H](CO)[C@@H](O)[C@H](O)[C@H]2OC2C[C@](C)(N)[C@H](O)[C@H](C)O2)Oc2ccc(cc2Cl)[C@H]1O. The van der Waals surface area contributed by atoms with Gasteiger partial charge in [0.2, 0.25) is 65.2 Å². The topological polar surface area (TPSA) is 564 Å². The molecule has 18 atom stereocenters. The minimum absolute atomic E-state index is 0.109. The number of fused-ring (bicyclic) bond motifs is 15. The summed E-state index contributed by atoms with van der Waals surface area (Å²) in [6, 6.07) is 6.36. The molecule has 22 N–H and O–H groups in total. The van der Waals surface area contributed by atoms with Crippen LogP contribution in [0.15, 0.2) is 103 Å². The number of benzene rings is 6. The maximum absolute atomic E-state index is 16.3. The number of ether oxygens (including phenoxy) is 7. The molecule has 6 aromatic carbocycles. The average Bonchev–Trinajstić information content (AvgIpc) is 0.767. The molecule has 626 valence electrons. The number of hydrogen-bond donors (Lipinski definition) is 20. The number of aromatic hydroxyl groups is 3. The van der Waals surface area contributed by atoms with Gasteiger partial charge in [-0.25, -0.2) is 0 Å². The predicted molar refractivity (Wildman–Crippen MR) is 413 cm³/mol. The van der Waals surface area contributed by atoms with Gasteiger partial charge < -0.3 is 143 Å². The minimum Gasteiger partial charge on any atom is -0.508 e. The number of carbonyl (C=O) groups excluding carboxylic acids is 9. The molecule has 0 aliphatic carbocycles. The lowest BCUT2D eigenvalue weighted by Crippen LogP contribution is -2.64. The summed E-state index contributed by atoms with van der Waals surface area (Å²) in [5, 5.41) is 128. The lowest BCUT2D eigenvalue weighted by atomic mass is 9.86. The quantitative estimate of drug-likeness (QED) is 0.0595. The summed E-state index contributed by atoms with van der Waals surface area (Å²) >= 11 is 14.3. The van der Waals surface area contributed by atoms with Crippen LogP contribution in [0, 0.1) is 5.92 Å². The highest BCUT2D eigenvalue weighted by molar-refractivity contribution is 6.32. The second-order valence-corrected chi connectivity index (χ2v) is 30.6. The van der Waals surface area contributed by atoms with Crippen molar-refractivity contribution < 1.29 is 122 Å². The molecule has 39 heteroatoms. The zero-order valence-electron chi connectivity index (χ0n) is 63.5. The van der Waals surface area contributed by atoms with Crippen molar-refractivity contribution in [3.05, 3.63) is 141 Å². The summed E-state index contributed by atoms with van der Waals surface area (Å²) in [4.78, 5) is 136. The Morgan fingerprint density at radius 1 is 0.701 bits per heavy atom. The number of phenols is 3. The molecule has 0 aromatic heterocycles. The van der Waals surface area contributed by atoms with Gasteiger partial charge in [0.1, 0.15) is 95.5 Å². The molecule has 0 saturated carbocycles. The number of amides is 9. The van der Waals surface area contributed by atoms with E-state index in [2.05, 4.69) is 52.8 Å². The number of nitrogens with zero attached hydrogens (tertiary/aromatic N) is 1. The van der Waals surface area contributed by atoms with Gasteiger partial charge in [-0.05, 0) is 140 Å². The van der Waals surface area contributed by atoms with E-state index in [0.29, 0.717) is 32.0 Å². The van der Waals surface area contributed by atoms with E-state index in [0.717, 1.165) is 72.4 Å². The lowest BCUT2D eigenvalue weighted by Gasteiger charge is -2.47. The molecule has 9 amide bonds. The summed E-state index contributed by atoms with van der Waals surface area (Å²) in [6.45, 7) is 7.16. The third-order valence-corrected chi connectivity index (χ3v) is 21.3. The number of morpholine rings is 1. The van der Waals surface area contributed by atoms with Gasteiger partial charge in [-0.2, -0.15) is 0 Å². The Bertz CT molecular complexity index is 4790. The van der Waals surface area contributed by atoms with E-state index in [-0.39, 0.29) is 46.2 Å². The Labute approximate surface area is 677 Å². The highest BCUT2D eigenvalue weighted by atomic mass is 35.5. The third-order valence-electron chi connectivity index (χ3n) is 20.7. The normalized spacial score (nSPS) is 27.7. The van der Waals surface area contributed by atoms with E-state index in [9.17, 15) is 69.9 Å². The first-order valence-corrected chi connectivity index (χ1v) is 38.1. The van der Waals surface area contributed by atoms with Crippen LogP contribution in [0.2, 0.25) is 10.0 Å². The van der Waals surface area contributed by atoms with Crippen LogP contribution in [0.1, 0.15) is 105 Å². The first-order valence-electron chi connectivity index (χ1n) is 37.3. The Morgan fingerprint density at radius 2 is 1.32 bits per heavy atom. The summed E-state index contributed by atoms with van der Waals surface area (Å²) in [5.74, 6) is -16.2. The number of hydrogen-bond acceptors (Lipinski definition) is 28. The number of primary amides is 1. The smallest absolute Gasteiger partial charge is 0.248 e. The molecule has 6 aromatic rings. The van der Waals surface area contributed by atoms with E-state index in [1.807, 2.05) is 13.8 Å². The minimum atomic E-state index is -2.37. The number of aliphatic hydroxyl groups is 6. The van der Waals surface area contributed by atoms with E-state index in [1.165, 1.54) is 33.0 Å². The fourth-order valence-electron chi connectivity index (χ4n) is 14.6. The van der Waals surface area contributed by atoms with E-state index in [4.69, 9.17) is 67.8 Å². The number of aliphatic hydroxyl groups excluding tert-OH is 6. The largest absolute Gasteiger partial charge is 0.508 e. The Hall–Kier alpha value is -10.8. The molecule has 117 heavy (non-hydrogen) atoms. The fraction of sp³-hybridized carbons (Fsp3) is 0.423. The number of rotatable bonds is 17. The van der Waals surface area contributed by atoms with Gasteiger partial charge in [0.15, 0.2) is 23.9 Å². The number of nitrogens with two attached hydrogens (primary N) is 2. The van der Waals surface area contributed by atoms with Crippen LogP contribution in [-0.4, -0.2) is 225 Å². The first kappa shape index (κ1) is 85.6. The van der Waals surface area contributed by atoms with Gasteiger partial charge in [-0.15, -0.1) is 0 Å². The van der Waals surface area contributed by atoms with Crippen LogP contribution in [0.25, 0.3) is 11.1 Å². The number of nitrogens with one attached hydrogen (secondary N) is 9. The summed E-state index contributed by atoms with van der Waals surface area (Å²) in [7, 11) is 1.47. The summed E-state index contributed by atoms with van der Waals surface area (Å²) in [6.07, 6.45) is -18.8. The van der Waals surface area contributed by atoms with Crippen molar-refractivity contribution in [2.24, 2.45) is 17.4 Å². The van der Waals surface area contributed by atoms with Crippen molar-refractivity contribution in [3.8, 4) is 57.1 Å². The van der Waals surface area contributed by atoms with Crippen molar-refractivity contribution in [1.82, 2.24) is 42.5 Å². The standard InChI is InChI=1S/C78H90Cl2N12O25/c1-32(2)20-45(83-5)70(104)90-61-63(99)35-7-14-49(43(79)22-35)113-51-24-37-25-52(67(51)117-77-68(66(102)65(101)53(31-93)115-77)116-56-29-78(4,82)69(103)33(3)112-56)114-50-15-8-36(23-44(50)80)64(100)62-76(110)89-60(72(106)84-30-55(98)85-38-9-11-39(12-10-38)92-16-18-111-19-17-92)42-26-40(94)27-48(96)57(42)41-21-34(6-13-47(41)95)58(73(107)91-62)88-74(108)59(37)87-71(105)46(28-54(81)97)86-75(61)109/h6-15,21-27,32-33,45-46,53,56,58-66,68-69,77,83,93-96,99-103H,16-20,28-31,82H2,1-5H3,(H2,81,97)(H,84,106)(H,85,98)(H,86,109)(H,87,105)(H,88,108)(H,89,110)(H,90,104)(H,91,107)/t33-,45+,46-,53+,56?,58+,59?,60?,61+,62-,63+,64+,65+,66-,68+,69+,77-,78-/m0/s1. The number of halogens is 2. The highest BCUT2D eigenvalue weighted by Gasteiger charge is 2.52. The van der Waals surface area contributed by atoms with Crippen LogP contribution in [-0.2, 0) is 62.1 Å². The van der Waals surface area contributed by atoms with Gasteiger partial charge in [0.25, 0.3) is 0 Å². The van der Waals surface area contributed by atoms with Crippen LogP contribution < -0.4 is 78.4 Å². The maximum Gasteiger partial charge on any atom is 0.248 e. The molecule has 8 heterocycles. The fourth-order valence-corrected chi connectivity index (χ4v) is 15.0. The first-order chi connectivity index (χ1) is 55.6. The summed E-state index contributed by atoms with van der Waals surface area (Å²) < 4.78 is 44.1. The molecule has 0 radical (unpaired) electrons. The third kappa shape index (κ3) is 19.1. The number of phenolic OH excluding ortho intramolecular Hbond substituents is 3. The van der Waals surface area contributed by atoms with Gasteiger partial charge in [0, 0.05) is 53.6 Å².